The summed E-state index contributed by atoms with van der Waals surface area (Å²) in [4.78, 5) is 11.6. The number of benzene rings is 1. The molecule has 0 fully saturated rings. The molecular formula is C11H11BrO4. The van der Waals surface area contributed by atoms with Crippen molar-refractivity contribution in [1.29, 1.82) is 0 Å². The number of methoxy groups -OCH3 is 1. The highest BCUT2D eigenvalue weighted by atomic mass is 79.9. The minimum Gasteiger partial charge on any atom is -0.489 e. The van der Waals surface area contributed by atoms with E-state index in [9.17, 15) is 4.79 Å². The summed E-state index contributed by atoms with van der Waals surface area (Å²) in [5.41, 5.74) is 0.383. The Bertz CT molecular complexity index is 417. The minimum absolute atomic E-state index is 0.383. The van der Waals surface area contributed by atoms with Gasteiger partial charge in [-0.1, -0.05) is 15.9 Å². The molecule has 1 aliphatic heterocycles. The van der Waals surface area contributed by atoms with Gasteiger partial charge >= 0.3 is 5.97 Å². The zero-order valence-corrected chi connectivity index (χ0v) is 10.4. The summed E-state index contributed by atoms with van der Waals surface area (Å²) in [6, 6.07) is 3.45. The van der Waals surface area contributed by atoms with E-state index in [0.29, 0.717) is 30.3 Å². The molecule has 16 heavy (non-hydrogen) atoms. The molecule has 0 saturated carbocycles. The molecule has 5 heteroatoms. The van der Waals surface area contributed by atoms with Crippen molar-refractivity contribution >= 4 is 21.9 Å². The molecule has 1 aliphatic rings. The average molecular weight is 287 g/mol. The maximum absolute atomic E-state index is 11.6. The lowest BCUT2D eigenvalue weighted by Gasteiger charge is -2.11. The van der Waals surface area contributed by atoms with Gasteiger partial charge in [-0.25, -0.2) is 4.79 Å². The summed E-state index contributed by atoms with van der Waals surface area (Å²) in [7, 11) is 1.34. The predicted molar refractivity (Wildman–Crippen MR) is 61.1 cm³/mol. The van der Waals surface area contributed by atoms with Crippen LogP contribution in [0.15, 0.2) is 16.6 Å². The molecule has 0 saturated heterocycles. The van der Waals surface area contributed by atoms with Crippen molar-refractivity contribution in [3.8, 4) is 11.5 Å². The van der Waals surface area contributed by atoms with Gasteiger partial charge < -0.3 is 14.2 Å². The molecule has 0 aromatic heterocycles. The van der Waals surface area contributed by atoms with Crippen LogP contribution in [0.25, 0.3) is 0 Å². The van der Waals surface area contributed by atoms with E-state index in [2.05, 4.69) is 15.9 Å². The van der Waals surface area contributed by atoms with Crippen LogP contribution in [0.4, 0.5) is 0 Å². The Balaban J connectivity index is 2.50. The first-order valence-corrected chi connectivity index (χ1v) is 5.69. The second kappa shape index (κ2) is 4.74. The number of ether oxygens (including phenoxy) is 3. The van der Waals surface area contributed by atoms with E-state index < -0.39 is 5.97 Å². The fraction of sp³-hybridized carbons (Fsp3) is 0.364. The number of hydrogen-bond donors (Lipinski definition) is 0. The van der Waals surface area contributed by atoms with Crippen molar-refractivity contribution in [3.05, 3.63) is 22.2 Å². The van der Waals surface area contributed by atoms with Gasteiger partial charge in [0.05, 0.1) is 20.3 Å². The molecule has 1 aromatic rings. The normalized spacial score (nSPS) is 14.1. The molecule has 4 nitrogen and oxygen atoms in total. The van der Waals surface area contributed by atoms with E-state index in [1.54, 1.807) is 12.1 Å². The first kappa shape index (κ1) is 11.3. The Hall–Kier alpha value is -1.23. The average Bonchev–Trinajstić information content (AvgIpc) is 2.51. The van der Waals surface area contributed by atoms with Crippen LogP contribution in [0.5, 0.6) is 11.5 Å². The molecule has 0 atom stereocenters. The summed E-state index contributed by atoms with van der Waals surface area (Å²) >= 11 is 3.32. The molecule has 1 heterocycles. The smallest absolute Gasteiger partial charge is 0.341 e. The lowest BCUT2D eigenvalue weighted by Crippen LogP contribution is -2.06. The number of fused-ring (bicyclic) bond motifs is 1. The third-order valence-corrected chi connectivity index (χ3v) is 2.68. The van der Waals surface area contributed by atoms with Gasteiger partial charge in [-0.15, -0.1) is 0 Å². The highest BCUT2D eigenvalue weighted by Gasteiger charge is 2.21. The zero-order valence-electron chi connectivity index (χ0n) is 8.79. The molecule has 0 bridgehead atoms. The van der Waals surface area contributed by atoms with Crippen LogP contribution < -0.4 is 9.47 Å². The van der Waals surface area contributed by atoms with Crippen LogP contribution >= 0.6 is 15.9 Å². The third kappa shape index (κ3) is 2.14. The van der Waals surface area contributed by atoms with Crippen LogP contribution in [0.3, 0.4) is 0 Å². The molecule has 86 valence electrons. The fourth-order valence-corrected chi connectivity index (χ4v) is 1.94. The molecule has 0 amide bonds. The molecular weight excluding hydrogens is 276 g/mol. The van der Waals surface area contributed by atoms with Gasteiger partial charge in [0.2, 0.25) is 0 Å². The first-order chi connectivity index (χ1) is 7.72. The Kier molecular flexibility index (Phi) is 3.33. The molecule has 0 radical (unpaired) electrons. The fourth-order valence-electron chi connectivity index (χ4n) is 1.50. The van der Waals surface area contributed by atoms with Crippen LogP contribution in [0.1, 0.15) is 16.8 Å². The summed E-state index contributed by atoms with van der Waals surface area (Å²) in [6.07, 6.45) is 0.799. The highest BCUT2D eigenvalue weighted by molar-refractivity contribution is 9.10. The summed E-state index contributed by atoms with van der Waals surface area (Å²) in [5.74, 6) is 0.614. The second-order valence-electron chi connectivity index (χ2n) is 3.32. The summed E-state index contributed by atoms with van der Waals surface area (Å²) in [5, 5.41) is 0. The number of esters is 1. The van der Waals surface area contributed by atoms with Crippen molar-refractivity contribution in [1.82, 2.24) is 0 Å². The maximum atomic E-state index is 11.6. The Morgan fingerprint density at radius 2 is 2.12 bits per heavy atom. The molecule has 0 spiro atoms. The second-order valence-corrected chi connectivity index (χ2v) is 4.24. The molecule has 0 aliphatic carbocycles. The number of carbonyl (C=O) groups is 1. The third-order valence-electron chi connectivity index (χ3n) is 2.22. The van der Waals surface area contributed by atoms with Crippen LogP contribution in [-0.4, -0.2) is 26.3 Å². The lowest BCUT2D eigenvalue weighted by atomic mass is 10.2. The SMILES string of the molecule is COC(=O)c1cc(Br)cc2c1OCCCO2. The predicted octanol–water partition coefficient (Wildman–Crippen LogP) is 2.40. The van der Waals surface area contributed by atoms with Gasteiger partial charge in [0.15, 0.2) is 11.5 Å². The van der Waals surface area contributed by atoms with Gasteiger partial charge in [-0.2, -0.15) is 0 Å². The first-order valence-electron chi connectivity index (χ1n) is 4.90. The van der Waals surface area contributed by atoms with E-state index in [1.165, 1.54) is 7.11 Å². The van der Waals surface area contributed by atoms with Crippen molar-refractivity contribution in [2.45, 2.75) is 6.42 Å². The Labute approximate surface area is 102 Å². The van der Waals surface area contributed by atoms with Gasteiger partial charge in [-0.05, 0) is 12.1 Å². The van der Waals surface area contributed by atoms with Gasteiger partial charge in [0.25, 0.3) is 0 Å². The zero-order chi connectivity index (χ0) is 11.5. The van der Waals surface area contributed by atoms with E-state index in [-0.39, 0.29) is 0 Å². The van der Waals surface area contributed by atoms with E-state index in [1.807, 2.05) is 0 Å². The van der Waals surface area contributed by atoms with Crippen molar-refractivity contribution < 1.29 is 19.0 Å². The largest absolute Gasteiger partial charge is 0.489 e. The van der Waals surface area contributed by atoms with Gasteiger partial charge in [0, 0.05) is 10.9 Å². The lowest BCUT2D eigenvalue weighted by molar-refractivity contribution is 0.0596. The highest BCUT2D eigenvalue weighted by Crippen LogP contribution is 2.36. The van der Waals surface area contributed by atoms with Crippen molar-refractivity contribution in [2.24, 2.45) is 0 Å². The Morgan fingerprint density at radius 3 is 2.88 bits per heavy atom. The maximum Gasteiger partial charge on any atom is 0.341 e. The summed E-state index contributed by atoms with van der Waals surface area (Å²) < 4.78 is 16.5. The van der Waals surface area contributed by atoms with Crippen LogP contribution in [0.2, 0.25) is 0 Å². The molecule has 1 aromatic carbocycles. The van der Waals surface area contributed by atoms with Crippen LogP contribution in [0, 0.1) is 0 Å². The molecule has 2 rings (SSSR count). The van der Waals surface area contributed by atoms with Gasteiger partial charge in [0.1, 0.15) is 5.56 Å². The summed E-state index contributed by atoms with van der Waals surface area (Å²) in [6.45, 7) is 1.13. The number of rotatable bonds is 1. The Morgan fingerprint density at radius 1 is 1.38 bits per heavy atom. The standard InChI is InChI=1S/C11H11BrO4/c1-14-11(13)8-5-7(12)6-9-10(8)16-4-2-3-15-9/h5-6H,2-4H2,1H3. The molecule has 0 unspecified atom stereocenters. The van der Waals surface area contributed by atoms with Crippen molar-refractivity contribution in [2.75, 3.05) is 20.3 Å². The van der Waals surface area contributed by atoms with E-state index in [4.69, 9.17) is 14.2 Å². The van der Waals surface area contributed by atoms with Gasteiger partial charge in [-0.3, -0.25) is 0 Å². The van der Waals surface area contributed by atoms with E-state index >= 15 is 0 Å². The van der Waals surface area contributed by atoms with Crippen LogP contribution in [-0.2, 0) is 4.74 Å². The van der Waals surface area contributed by atoms with Crippen molar-refractivity contribution in [3.63, 3.8) is 0 Å². The number of carbonyl (C=O) groups excluding carboxylic acids is 1. The number of halogens is 1. The topological polar surface area (TPSA) is 44.8 Å². The van der Waals surface area contributed by atoms with E-state index in [0.717, 1.165) is 10.9 Å². The quantitative estimate of drug-likeness (QED) is 0.744. The minimum atomic E-state index is -0.428. The number of hydrogen-bond acceptors (Lipinski definition) is 4. The molecule has 0 N–H and O–H groups in total. The monoisotopic (exact) mass is 286 g/mol.